The zero-order chi connectivity index (χ0) is 12.4. The molecule has 0 fully saturated rings. The number of nitrogens with two attached hydrogens (primary N) is 1. The maximum atomic E-state index is 11.1. The van der Waals surface area contributed by atoms with Gasteiger partial charge in [0.05, 0.1) is 11.4 Å². The lowest BCUT2D eigenvalue weighted by Crippen LogP contribution is -2.13. The summed E-state index contributed by atoms with van der Waals surface area (Å²) in [5.74, 6) is -0.557. The predicted octanol–water partition coefficient (Wildman–Crippen LogP) is 1.24. The number of hydrogen-bond acceptors (Lipinski definition) is 3. The topological polar surface area (TPSA) is 73.8 Å². The summed E-state index contributed by atoms with van der Waals surface area (Å²) < 4.78 is 0. The Morgan fingerprint density at radius 2 is 1.94 bits per heavy atom. The lowest BCUT2D eigenvalue weighted by atomic mass is 10.2. The smallest absolute Gasteiger partial charge is 0.271 e. The van der Waals surface area contributed by atoms with Gasteiger partial charge in [0.1, 0.15) is 0 Å². The maximum absolute atomic E-state index is 11.1. The minimum atomic E-state index is -0.557. The van der Waals surface area contributed by atoms with Crippen molar-refractivity contribution in [2.75, 3.05) is 0 Å². The second-order valence-electron chi connectivity index (χ2n) is 3.81. The molecule has 0 unspecified atom stereocenters. The molecule has 0 aliphatic rings. The van der Waals surface area contributed by atoms with Crippen LogP contribution in [0.5, 0.6) is 0 Å². The molecule has 2 rings (SSSR count). The van der Waals surface area contributed by atoms with Crippen LogP contribution in [-0.4, -0.2) is 20.9 Å². The third-order valence-electron chi connectivity index (χ3n) is 2.59. The van der Waals surface area contributed by atoms with Gasteiger partial charge in [-0.05, 0) is 31.0 Å². The minimum absolute atomic E-state index is 0.213. The first-order valence-electron chi connectivity index (χ1n) is 5.45. The lowest BCUT2D eigenvalue weighted by molar-refractivity contribution is 0.0994. The number of primary amides is 1. The molecule has 0 aliphatic carbocycles. The Hall–Kier alpha value is -2.17. The van der Waals surface area contributed by atoms with Crippen LogP contribution in [0.1, 0.15) is 28.7 Å². The quantitative estimate of drug-likeness (QED) is 0.862. The van der Waals surface area contributed by atoms with E-state index < -0.39 is 5.91 Å². The van der Waals surface area contributed by atoms with Gasteiger partial charge in [0.15, 0.2) is 5.69 Å². The van der Waals surface area contributed by atoms with E-state index in [1.54, 1.807) is 6.92 Å². The number of carbonyl (C=O) groups excluding carboxylic acids is 1. The van der Waals surface area contributed by atoms with Crippen LogP contribution >= 0.6 is 0 Å². The standard InChI is InChI=1S/C12H14N4O/c1-3-9-4-6-10(7-5-9)16-14-8(2)11(15-16)12(13)17/h4-7H,3H2,1-2H3,(H2,13,17). The van der Waals surface area contributed by atoms with E-state index in [-0.39, 0.29) is 5.69 Å². The van der Waals surface area contributed by atoms with Gasteiger partial charge in [0, 0.05) is 0 Å². The molecule has 0 radical (unpaired) electrons. The fraction of sp³-hybridized carbons (Fsp3) is 0.250. The van der Waals surface area contributed by atoms with Gasteiger partial charge in [-0.3, -0.25) is 4.79 Å². The van der Waals surface area contributed by atoms with E-state index in [4.69, 9.17) is 5.73 Å². The molecule has 17 heavy (non-hydrogen) atoms. The predicted molar refractivity (Wildman–Crippen MR) is 64.0 cm³/mol. The molecule has 88 valence electrons. The monoisotopic (exact) mass is 230 g/mol. The van der Waals surface area contributed by atoms with Crippen LogP contribution in [0, 0.1) is 6.92 Å². The van der Waals surface area contributed by atoms with E-state index in [9.17, 15) is 4.79 Å². The van der Waals surface area contributed by atoms with Crippen molar-refractivity contribution in [3.05, 3.63) is 41.2 Å². The highest BCUT2D eigenvalue weighted by atomic mass is 16.1. The molecule has 0 aliphatic heterocycles. The zero-order valence-corrected chi connectivity index (χ0v) is 9.84. The Morgan fingerprint density at radius 1 is 1.29 bits per heavy atom. The number of benzene rings is 1. The second kappa shape index (κ2) is 4.37. The van der Waals surface area contributed by atoms with E-state index in [0.717, 1.165) is 12.1 Å². The highest BCUT2D eigenvalue weighted by molar-refractivity contribution is 5.91. The van der Waals surface area contributed by atoms with Crippen molar-refractivity contribution < 1.29 is 4.79 Å². The second-order valence-corrected chi connectivity index (χ2v) is 3.81. The van der Waals surface area contributed by atoms with Crippen LogP contribution in [0.15, 0.2) is 24.3 Å². The normalized spacial score (nSPS) is 10.5. The number of amides is 1. The van der Waals surface area contributed by atoms with E-state index >= 15 is 0 Å². The summed E-state index contributed by atoms with van der Waals surface area (Å²) in [6.45, 7) is 3.81. The molecule has 1 aromatic carbocycles. The molecular formula is C12H14N4O. The minimum Gasteiger partial charge on any atom is -0.364 e. The van der Waals surface area contributed by atoms with Crippen molar-refractivity contribution in [1.82, 2.24) is 15.0 Å². The van der Waals surface area contributed by atoms with Crippen molar-refractivity contribution in [2.24, 2.45) is 5.73 Å². The van der Waals surface area contributed by atoms with Gasteiger partial charge in [0.25, 0.3) is 5.91 Å². The molecule has 0 saturated heterocycles. The summed E-state index contributed by atoms with van der Waals surface area (Å²) in [7, 11) is 0. The van der Waals surface area contributed by atoms with Gasteiger partial charge in [-0.15, -0.1) is 5.10 Å². The van der Waals surface area contributed by atoms with Crippen molar-refractivity contribution >= 4 is 5.91 Å². The fourth-order valence-electron chi connectivity index (χ4n) is 1.59. The molecule has 1 amide bonds. The Kier molecular flexibility index (Phi) is 2.91. The number of nitrogens with zero attached hydrogens (tertiary/aromatic N) is 3. The molecule has 5 heteroatoms. The Balaban J connectivity index is 2.39. The van der Waals surface area contributed by atoms with Crippen LogP contribution < -0.4 is 5.73 Å². The van der Waals surface area contributed by atoms with Gasteiger partial charge >= 0.3 is 0 Å². The lowest BCUT2D eigenvalue weighted by Gasteiger charge is -2.00. The number of rotatable bonds is 3. The molecular weight excluding hydrogens is 216 g/mol. The first-order valence-corrected chi connectivity index (χ1v) is 5.45. The fourth-order valence-corrected chi connectivity index (χ4v) is 1.59. The van der Waals surface area contributed by atoms with Gasteiger partial charge in [-0.2, -0.15) is 9.90 Å². The third-order valence-corrected chi connectivity index (χ3v) is 2.59. The highest BCUT2D eigenvalue weighted by Gasteiger charge is 2.12. The largest absolute Gasteiger partial charge is 0.364 e. The van der Waals surface area contributed by atoms with Gasteiger partial charge in [-0.1, -0.05) is 19.1 Å². The molecule has 5 nitrogen and oxygen atoms in total. The van der Waals surface area contributed by atoms with Crippen LogP contribution in [0.25, 0.3) is 5.69 Å². The van der Waals surface area contributed by atoms with Crippen LogP contribution in [-0.2, 0) is 6.42 Å². The number of aryl methyl sites for hydroxylation is 2. The Bertz CT molecular complexity index is 542. The molecule has 2 N–H and O–H groups in total. The summed E-state index contributed by atoms with van der Waals surface area (Å²) in [6.07, 6.45) is 0.985. The third kappa shape index (κ3) is 2.18. The zero-order valence-electron chi connectivity index (χ0n) is 9.84. The number of aromatic nitrogens is 3. The Labute approximate surface area is 99.2 Å². The van der Waals surface area contributed by atoms with Crippen molar-refractivity contribution in [1.29, 1.82) is 0 Å². The molecule has 0 atom stereocenters. The van der Waals surface area contributed by atoms with Crippen molar-refractivity contribution in [3.63, 3.8) is 0 Å². The first-order chi connectivity index (χ1) is 8.11. The average Bonchev–Trinajstić information content (AvgIpc) is 2.71. The van der Waals surface area contributed by atoms with Gasteiger partial charge in [0.2, 0.25) is 0 Å². The molecule has 1 heterocycles. The Morgan fingerprint density at radius 3 is 2.41 bits per heavy atom. The van der Waals surface area contributed by atoms with Crippen LogP contribution in [0.3, 0.4) is 0 Å². The van der Waals surface area contributed by atoms with Crippen molar-refractivity contribution in [2.45, 2.75) is 20.3 Å². The van der Waals surface area contributed by atoms with Crippen molar-refractivity contribution in [3.8, 4) is 5.69 Å². The van der Waals surface area contributed by atoms with Gasteiger partial charge < -0.3 is 5.73 Å². The molecule has 0 saturated carbocycles. The summed E-state index contributed by atoms with van der Waals surface area (Å²) in [4.78, 5) is 12.5. The van der Waals surface area contributed by atoms with E-state index in [1.807, 2.05) is 24.3 Å². The highest BCUT2D eigenvalue weighted by Crippen LogP contribution is 2.10. The summed E-state index contributed by atoms with van der Waals surface area (Å²) >= 11 is 0. The summed E-state index contributed by atoms with van der Waals surface area (Å²) in [5.41, 5.74) is 8.01. The number of carbonyl (C=O) groups is 1. The van der Waals surface area contributed by atoms with Crippen LogP contribution in [0.4, 0.5) is 0 Å². The maximum Gasteiger partial charge on any atom is 0.271 e. The van der Waals surface area contributed by atoms with Crippen LogP contribution in [0.2, 0.25) is 0 Å². The van der Waals surface area contributed by atoms with Gasteiger partial charge in [-0.25, -0.2) is 0 Å². The van der Waals surface area contributed by atoms with E-state index in [0.29, 0.717) is 5.69 Å². The average molecular weight is 230 g/mol. The SMILES string of the molecule is CCc1ccc(-n2nc(C)c(C(N)=O)n2)cc1. The molecule has 2 aromatic rings. The molecule has 0 spiro atoms. The molecule has 0 bridgehead atoms. The summed E-state index contributed by atoms with van der Waals surface area (Å²) in [6, 6.07) is 7.86. The summed E-state index contributed by atoms with van der Waals surface area (Å²) in [5, 5.41) is 8.23. The number of hydrogen-bond donors (Lipinski definition) is 1. The van der Waals surface area contributed by atoms with E-state index in [2.05, 4.69) is 17.1 Å². The molecule has 1 aromatic heterocycles. The first kappa shape index (κ1) is 11.3. The van der Waals surface area contributed by atoms with E-state index in [1.165, 1.54) is 10.4 Å².